The van der Waals surface area contributed by atoms with Gasteiger partial charge in [-0.05, 0) is 18.2 Å². The number of anilines is 1. The van der Waals surface area contributed by atoms with Crippen molar-refractivity contribution in [1.29, 1.82) is 0 Å². The van der Waals surface area contributed by atoms with Gasteiger partial charge in [0.15, 0.2) is 10.8 Å². The molecule has 0 aliphatic rings. The van der Waals surface area contributed by atoms with Gasteiger partial charge in [0, 0.05) is 17.5 Å². The second kappa shape index (κ2) is 8.82. The van der Waals surface area contributed by atoms with Crippen LogP contribution in [-0.4, -0.2) is 17.5 Å². The summed E-state index contributed by atoms with van der Waals surface area (Å²) in [5, 5.41) is 5.37. The van der Waals surface area contributed by atoms with E-state index in [1.165, 1.54) is 11.3 Å². The molecule has 0 aliphatic carbocycles. The molecule has 0 saturated heterocycles. The summed E-state index contributed by atoms with van der Waals surface area (Å²) in [6, 6.07) is 16.9. The first-order chi connectivity index (χ1) is 12.8. The van der Waals surface area contributed by atoms with Gasteiger partial charge in [0.2, 0.25) is 0 Å². The Morgan fingerprint density at radius 3 is 2.73 bits per heavy atom. The lowest BCUT2D eigenvalue weighted by Gasteiger charge is -2.11. The lowest BCUT2D eigenvalue weighted by molar-refractivity contribution is 0.0465. The van der Waals surface area contributed by atoms with E-state index >= 15 is 0 Å². The lowest BCUT2D eigenvalue weighted by atomic mass is 10.2. The molecule has 0 aliphatic heterocycles. The first kappa shape index (κ1) is 17.7. The van der Waals surface area contributed by atoms with Crippen LogP contribution in [0.4, 0.5) is 5.13 Å². The summed E-state index contributed by atoms with van der Waals surface area (Å²) in [7, 11) is 0. The maximum Gasteiger partial charge on any atom is 0.358 e. The average Bonchev–Trinajstić information content (AvgIpc) is 3.15. The fourth-order valence-electron chi connectivity index (χ4n) is 2.16. The maximum absolute atomic E-state index is 12.2. The second-order valence-corrected chi connectivity index (χ2v) is 6.16. The number of thiazole rings is 1. The molecule has 1 N–H and O–H groups in total. The summed E-state index contributed by atoms with van der Waals surface area (Å²) in [6.45, 7) is 4.33. The molecule has 0 saturated carbocycles. The van der Waals surface area contributed by atoms with Crippen molar-refractivity contribution < 1.29 is 14.3 Å². The number of para-hydroxylation sites is 2. The highest BCUT2D eigenvalue weighted by Crippen LogP contribution is 2.26. The van der Waals surface area contributed by atoms with Crippen LogP contribution in [0.2, 0.25) is 0 Å². The highest BCUT2D eigenvalue weighted by Gasteiger charge is 2.14. The summed E-state index contributed by atoms with van der Waals surface area (Å²) >= 11 is 1.35. The molecule has 1 heterocycles. The molecule has 5 nitrogen and oxygen atoms in total. The van der Waals surface area contributed by atoms with Gasteiger partial charge in [-0.15, -0.1) is 17.9 Å². The molecule has 0 bridgehead atoms. The third kappa shape index (κ3) is 4.70. The number of hydrogen-bond donors (Lipinski definition) is 1. The van der Waals surface area contributed by atoms with Crippen LogP contribution in [0, 0.1) is 0 Å². The molecule has 1 aromatic heterocycles. The molecule has 2 aromatic carbocycles. The zero-order valence-electron chi connectivity index (χ0n) is 14.1. The fraction of sp³-hybridized carbons (Fsp3) is 0.100. The molecule has 0 unspecified atom stereocenters. The maximum atomic E-state index is 12.2. The minimum atomic E-state index is -0.470. The number of esters is 1. The highest BCUT2D eigenvalue weighted by molar-refractivity contribution is 7.13. The van der Waals surface area contributed by atoms with E-state index in [0.29, 0.717) is 17.4 Å². The van der Waals surface area contributed by atoms with E-state index in [2.05, 4.69) is 16.9 Å². The van der Waals surface area contributed by atoms with Crippen LogP contribution in [-0.2, 0) is 11.3 Å². The number of nitrogens with one attached hydrogen (secondary N) is 1. The second-order valence-electron chi connectivity index (χ2n) is 5.31. The standard InChI is InChI=1S/C20H18N2O3S/c1-2-12-21-20-22-17(14-26-20)19(23)24-13-15-8-6-7-11-18(15)25-16-9-4-3-5-10-16/h2-11,14H,1,12-13H2,(H,21,22). The summed E-state index contributed by atoms with van der Waals surface area (Å²) in [5.41, 5.74) is 1.06. The van der Waals surface area contributed by atoms with Crippen LogP contribution in [0.1, 0.15) is 16.1 Å². The Morgan fingerprint density at radius 1 is 1.15 bits per heavy atom. The smallest absolute Gasteiger partial charge is 0.358 e. The van der Waals surface area contributed by atoms with Gasteiger partial charge < -0.3 is 14.8 Å². The molecule has 3 rings (SSSR count). The Balaban J connectivity index is 1.63. The van der Waals surface area contributed by atoms with Gasteiger partial charge in [0.25, 0.3) is 0 Å². The Morgan fingerprint density at radius 2 is 1.92 bits per heavy atom. The van der Waals surface area contributed by atoms with E-state index in [1.54, 1.807) is 11.5 Å². The molecule has 0 amide bonds. The van der Waals surface area contributed by atoms with Crippen molar-refractivity contribution in [2.45, 2.75) is 6.61 Å². The molecular formula is C20H18N2O3S. The van der Waals surface area contributed by atoms with Crippen LogP contribution in [0.3, 0.4) is 0 Å². The van der Waals surface area contributed by atoms with Crippen molar-refractivity contribution >= 4 is 22.4 Å². The molecular weight excluding hydrogens is 348 g/mol. The minimum absolute atomic E-state index is 0.106. The van der Waals surface area contributed by atoms with Gasteiger partial charge in [-0.1, -0.05) is 42.5 Å². The third-order valence-electron chi connectivity index (χ3n) is 3.41. The zero-order valence-corrected chi connectivity index (χ0v) is 14.9. The number of aromatic nitrogens is 1. The lowest BCUT2D eigenvalue weighted by Crippen LogP contribution is -2.07. The third-order valence-corrected chi connectivity index (χ3v) is 4.21. The Labute approximate surface area is 155 Å². The topological polar surface area (TPSA) is 60.5 Å². The van der Waals surface area contributed by atoms with Gasteiger partial charge in [-0.3, -0.25) is 0 Å². The minimum Gasteiger partial charge on any atom is -0.457 e. The first-order valence-corrected chi connectivity index (χ1v) is 8.92. The van der Waals surface area contributed by atoms with Crippen LogP contribution in [0.5, 0.6) is 11.5 Å². The number of carbonyl (C=O) groups excluding carboxylic acids is 1. The van der Waals surface area contributed by atoms with Crippen molar-refractivity contribution in [3.05, 3.63) is 83.9 Å². The number of benzene rings is 2. The van der Waals surface area contributed by atoms with Crippen molar-refractivity contribution in [2.75, 3.05) is 11.9 Å². The van der Waals surface area contributed by atoms with E-state index in [-0.39, 0.29) is 12.3 Å². The molecule has 0 fully saturated rings. The monoisotopic (exact) mass is 366 g/mol. The molecule has 0 spiro atoms. The Kier molecular flexibility index (Phi) is 6.01. The van der Waals surface area contributed by atoms with Crippen LogP contribution in [0.25, 0.3) is 0 Å². The molecule has 26 heavy (non-hydrogen) atoms. The Bertz CT molecular complexity index is 878. The SMILES string of the molecule is C=CCNc1nc(C(=O)OCc2ccccc2Oc2ccccc2)cs1. The van der Waals surface area contributed by atoms with E-state index in [9.17, 15) is 4.79 Å². The van der Waals surface area contributed by atoms with E-state index in [0.717, 1.165) is 11.3 Å². The summed E-state index contributed by atoms with van der Waals surface area (Å²) in [5.74, 6) is 0.907. The van der Waals surface area contributed by atoms with Crippen LogP contribution >= 0.6 is 11.3 Å². The number of ether oxygens (including phenoxy) is 2. The largest absolute Gasteiger partial charge is 0.457 e. The fourth-order valence-corrected chi connectivity index (χ4v) is 2.85. The van der Waals surface area contributed by atoms with E-state index in [1.807, 2.05) is 54.6 Å². The number of hydrogen-bond acceptors (Lipinski definition) is 6. The van der Waals surface area contributed by atoms with E-state index in [4.69, 9.17) is 9.47 Å². The van der Waals surface area contributed by atoms with Gasteiger partial charge in [0.05, 0.1) is 0 Å². The molecule has 6 heteroatoms. The molecule has 0 radical (unpaired) electrons. The Hall–Kier alpha value is -3.12. The zero-order chi connectivity index (χ0) is 18.2. The number of nitrogens with zero attached hydrogens (tertiary/aromatic N) is 1. The van der Waals surface area contributed by atoms with Gasteiger partial charge >= 0.3 is 5.97 Å². The molecule has 132 valence electrons. The number of rotatable bonds is 8. The van der Waals surface area contributed by atoms with Crippen molar-refractivity contribution in [3.63, 3.8) is 0 Å². The molecule has 3 aromatic rings. The predicted octanol–water partition coefficient (Wildman–Crippen LogP) is 4.89. The first-order valence-electron chi connectivity index (χ1n) is 8.04. The van der Waals surface area contributed by atoms with Crippen molar-refractivity contribution in [2.24, 2.45) is 0 Å². The number of carbonyl (C=O) groups is 1. The molecule has 0 atom stereocenters. The highest BCUT2D eigenvalue weighted by atomic mass is 32.1. The van der Waals surface area contributed by atoms with Crippen molar-refractivity contribution in [3.8, 4) is 11.5 Å². The quantitative estimate of drug-likeness (QED) is 0.454. The predicted molar refractivity (Wildman–Crippen MR) is 103 cm³/mol. The van der Waals surface area contributed by atoms with Crippen molar-refractivity contribution in [1.82, 2.24) is 4.98 Å². The summed E-state index contributed by atoms with van der Waals surface area (Å²) in [4.78, 5) is 16.4. The van der Waals surface area contributed by atoms with Gasteiger partial charge in [-0.25, -0.2) is 9.78 Å². The van der Waals surface area contributed by atoms with Gasteiger partial charge in [-0.2, -0.15) is 0 Å². The van der Waals surface area contributed by atoms with Crippen LogP contribution < -0.4 is 10.1 Å². The summed E-state index contributed by atoms with van der Waals surface area (Å²) in [6.07, 6.45) is 1.73. The summed E-state index contributed by atoms with van der Waals surface area (Å²) < 4.78 is 11.3. The van der Waals surface area contributed by atoms with Crippen LogP contribution in [0.15, 0.2) is 72.6 Å². The average molecular weight is 366 g/mol. The normalized spacial score (nSPS) is 10.2. The van der Waals surface area contributed by atoms with E-state index < -0.39 is 5.97 Å². The van der Waals surface area contributed by atoms with Gasteiger partial charge in [0.1, 0.15) is 18.1 Å².